The first kappa shape index (κ1) is 30.9. The number of nitrogens with zero attached hydrogens (tertiary/aromatic N) is 5. The van der Waals surface area contributed by atoms with Crippen molar-refractivity contribution in [2.45, 2.75) is 6.10 Å². The average molecular weight is 618 g/mol. The van der Waals surface area contributed by atoms with Crippen LogP contribution in [0.1, 0.15) is 17.5 Å². The molecular formula is C28H32FN5O6S2. The van der Waals surface area contributed by atoms with Gasteiger partial charge in [0.15, 0.2) is 11.5 Å². The van der Waals surface area contributed by atoms with E-state index in [4.69, 9.17) is 9.47 Å². The zero-order valence-corrected chi connectivity index (χ0v) is 25.4. The van der Waals surface area contributed by atoms with Crippen molar-refractivity contribution in [3.05, 3.63) is 77.2 Å². The van der Waals surface area contributed by atoms with E-state index in [1.54, 1.807) is 12.1 Å². The Kier molecular flexibility index (Phi) is 9.15. The number of ether oxygens (including phenoxy) is 2. The number of anilines is 1. The van der Waals surface area contributed by atoms with Crippen molar-refractivity contribution in [2.75, 3.05) is 55.3 Å². The molecule has 3 aromatic rings. The summed E-state index contributed by atoms with van der Waals surface area (Å²) in [5.41, 5.74) is 6.04. The lowest BCUT2D eigenvalue weighted by molar-refractivity contribution is 0.201. The molecule has 0 radical (unpaired) electrons. The van der Waals surface area contributed by atoms with E-state index in [0.717, 1.165) is 16.4 Å². The lowest BCUT2D eigenvalue weighted by Crippen LogP contribution is -2.39. The van der Waals surface area contributed by atoms with Crippen LogP contribution in [0, 0.1) is 5.82 Å². The van der Waals surface area contributed by atoms with E-state index in [1.807, 2.05) is 18.8 Å². The third kappa shape index (κ3) is 6.87. The number of aliphatic imine (C=N–C) groups is 1. The van der Waals surface area contributed by atoms with Gasteiger partial charge in [-0.15, -0.1) is 10.2 Å². The molecule has 224 valence electrons. The highest BCUT2D eigenvalue weighted by Crippen LogP contribution is 2.39. The number of halogens is 1. The number of hydrogen-bond acceptors (Lipinski definition) is 9. The van der Waals surface area contributed by atoms with Gasteiger partial charge >= 0.3 is 0 Å². The van der Waals surface area contributed by atoms with E-state index >= 15 is 0 Å². The molecule has 0 amide bonds. The monoisotopic (exact) mass is 617 g/mol. The molecule has 0 aliphatic carbocycles. The molecule has 1 atom stereocenters. The Bertz CT molecular complexity index is 1700. The second-order valence-electron chi connectivity index (χ2n) is 10.1. The number of aromatic nitrogens is 3. The zero-order chi connectivity index (χ0) is 30.7. The number of aliphatic hydroxyl groups is 1. The van der Waals surface area contributed by atoms with Crippen molar-refractivity contribution in [3.8, 4) is 17.2 Å². The van der Waals surface area contributed by atoms with E-state index in [9.17, 15) is 23.0 Å². The van der Waals surface area contributed by atoms with Crippen LogP contribution in [0.2, 0.25) is 0 Å². The summed E-state index contributed by atoms with van der Waals surface area (Å²) in [7, 11) is -2.68. The SMILES string of the molecule is COC1=NC(c2nnc(N(CCS(C)(C)C)S(=O)(=O)C[C@@H](O)c3ccc(F)cc3)n2-c2c(O)cccc2OC)=C=C=C1. The molecule has 1 aliphatic rings. The number of rotatable bonds is 11. The lowest BCUT2D eigenvalue weighted by Gasteiger charge is -2.31. The highest BCUT2D eigenvalue weighted by Gasteiger charge is 2.34. The third-order valence-electron chi connectivity index (χ3n) is 6.19. The number of benzene rings is 2. The Balaban J connectivity index is 1.93. The molecule has 0 bridgehead atoms. The van der Waals surface area contributed by atoms with E-state index < -0.39 is 37.7 Å². The van der Waals surface area contributed by atoms with Crippen LogP contribution in [-0.2, 0) is 14.8 Å². The van der Waals surface area contributed by atoms with Crippen LogP contribution < -0.4 is 9.04 Å². The molecule has 0 unspecified atom stereocenters. The molecule has 4 rings (SSSR count). The van der Waals surface area contributed by atoms with Gasteiger partial charge in [0.05, 0.1) is 32.2 Å². The summed E-state index contributed by atoms with van der Waals surface area (Å²) in [5.74, 6) is -0.734. The Labute approximate surface area is 245 Å². The fourth-order valence-electron chi connectivity index (χ4n) is 4.03. The fourth-order valence-corrected chi connectivity index (χ4v) is 6.39. The standard InChI is InChI=1S/C28H32FN5O6S2/c1-39-24-10-7-9-22(35)26(24)34-27(21-8-6-11-25(30-21)40-2)31-32-28(34)33(16-17-41(3,4)5)42(37,38)18-23(36)19-12-14-20(29)15-13-19/h7,9-15,23,35-36H,16-18H2,1-5H3/t23-/m1/s1. The van der Waals surface area contributed by atoms with Crippen LogP contribution in [0.4, 0.5) is 10.3 Å². The summed E-state index contributed by atoms with van der Waals surface area (Å²) in [6, 6.07) is 9.52. The van der Waals surface area contributed by atoms with Gasteiger partial charge in [-0.3, -0.25) is 4.57 Å². The van der Waals surface area contributed by atoms with Gasteiger partial charge in [-0.05, 0) is 60.1 Å². The summed E-state index contributed by atoms with van der Waals surface area (Å²) in [6.45, 7) is -0.00721. The average Bonchev–Trinajstić information content (AvgIpc) is 3.36. The Morgan fingerprint density at radius 1 is 1.07 bits per heavy atom. The number of hydrogen-bond donors (Lipinski definition) is 2. The smallest absolute Gasteiger partial charge is 0.246 e. The van der Waals surface area contributed by atoms with Gasteiger partial charge in [-0.25, -0.2) is 32.1 Å². The maximum atomic E-state index is 14.0. The molecule has 0 spiro atoms. The van der Waals surface area contributed by atoms with Crippen molar-refractivity contribution >= 4 is 37.6 Å². The first-order chi connectivity index (χ1) is 19.8. The topological polar surface area (TPSA) is 139 Å². The van der Waals surface area contributed by atoms with E-state index in [0.29, 0.717) is 5.75 Å². The first-order valence-corrected chi connectivity index (χ1v) is 17.2. The lowest BCUT2D eigenvalue weighted by atomic mass is 10.1. The second kappa shape index (κ2) is 12.4. The molecule has 2 heterocycles. The van der Waals surface area contributed by atoms with Crippen molar-refractivity contribution in [3.63, 3.8) is 0 Å². The number of sulfonamides is 1. The van der Waals surface area contributed by atoms with E-state index in [1.165, 1.54) is 43.1 Å². The normalized spacial score (nSPS) is 14.3. The molecule has 2 aromatic carbocycles. The summed E-state index contributed by atoms with van der Waals surface area (Å²) in [6.07, 6.45) is 6.12. The minimum Gasteiger partial charge on any atom is -0.506 e. The quantitative estimate of drug-likeness (QED) is 0.312. The van der Waals surface area contributed by atoms with Crippen molar-refractivity contribution in [2.24, 2.45) is 4.99 Å². The fraction of sp³-hybridized carbons (Fsp3) is 0.321. The summed E-state index contributed by atoms with van der Waals surface area (Å²) in [5, 5.41) is 30.4. The number of aromatic hydroxyl groups is 1. The van der Waals surface area contributed by atoms with Crippen LogP contribution in [0.25, 0.3) is 11.4 Å². The second-order valence-corrected chi connectivity index (χ2v) is 16.6. The third-order valence-corrected chi connectivity index (χ3v) is 9.35. The molecule has 1 aromatic heterocycles. The number of aliphatic hydroxyl groups excluding tert-OH is 1. The number of phenolic OH excluding ortho intramolecular Hbond substituents is 1. The van der Waals surface area contributed by atoms with Gasteiger partial charge in [0, 0.05) is 6.54 Å². The Morgan fingerprint density at radius 3 is 2.43 bits per heavy atom. The highest BCUT2D eigenvalue weighted by molar-refractivity contribution is 8.32. The zero-order valence-electron chi connectivity index (χ0n) is 23.8. The van der Waals surface area contributed by atoms with Crippen LogP contribution in [-0.4, -0.2) is 90.3 Å². The number of para-hydroxylation sites is 1. The van der Waals surface area contributed by atoms with Crippen LogP contribution >= 0.6 is 10.0 Å². The molecule has 0 fully saturated rings. The van der Waals surface area contributed by atoms with Gasteiger partial charge in [0.2, 0.25) is 21.9 Å². The molecule has 42 heavy (non-hydrogen) atoms. The summed E-state index contributed by atoms with van der Waals surface area (Å²) in [4.78, 5) is 4.36. The number of methoxy groups -OCH3 is 2. The van der Waals surface area contributed by atoms with Crippen molar-refractivity contribution in [1.82, 2.24) is 14.8 Å². The van der Waals surface area contributed by atoms with E-state index in [-0.39, 0.29) is 52.7 Å². The molecule has 1 aliphatic heterocycles. The van der Waals surface area contributed by atoms with Gasteiger partial charge in [0.25, 0.3) is 0 Å². The van der Waals surface area contributed by atoms with Crippen LogP contribution in [0.5, 0.6) is 11.5 Å². The first-order valence-electron chi connectivity index (χ1n) is 12.6. The summed E-state index contributed by atoms with van der Waals surface area (Å²) >= 11 is 0. The largest absolute Gasteiger partial charge is 0.506 e. The predicted molar refractivity (Wildman–Crippen MR) is 162 cm³/mol. The maximum Gasteiger partial charge on any atom is 0.246 e. The minimum absolute atomic E-state index is 0.00721. The van der Waals surface area contributed by atoms with Crippen LogP contribution in [0.3, 0.4) is 0 Å². The van der Waals surface area contributed by atoms with Gasteiger partial charge < -0.3 is 19.7 Å². The molecule has 0 saturated carbocycles. The van der Waals surface area contributed by atoms with Crippen molar-refractivity contribution in [1.29, 1.82) is 0 Å². The predicted octanol–water partition coefficient (Wildman–Crippen LogP) is 3.39. The minimum atomic E-state index is -4.31. The molecule has 0 saturated heterocycles. The Hall–Kier alpha value is -4.06. The maximum absolute atomic E-state index is 14.0. The molecule has 2 N–H and O–H groups in total. The molecule has 14 heteroatoms. The van der Waals surface area contributed by atoms with Crippen LogP contribution in [0.15, 0.2) is 65.0 Å². The number of phenols is 1. The van der Waals surface area contributed by atoms with Gasteiger partial charge in [-0.2, -0.15) is 0 Å². The van der Waals surface area contributed by atoms with Gasteiger partial charge in [0.1, 0.15) is 23.0 Å². The van der Waals surface area contributed by atoms with Crippen molar-refractivity contribution < 1.29 is 32.5 Å². The molecular weight excluding hydrogens is 585 g/mol. The highest BCUT2D eigenvalue weighted by atomic mass is 32.3. The van der Waals surface area contributed by atoms with E-state index in [2.05, 4.69) is 26.7 Å². The summed E-state index contributed by atoms with van der Waals surface area (Å²) < 4.78 is 54.7. The Morgan fingerprint density at radius 2 is 1.79 bits per heavy atom. The molecule has 11 nitrogen and oxygen atoms in total. The van der Waals surface area contributed by atoms with Gasteiger partial charge in [-0.1, -0.05) is 23.9 Å².